The summed E-state index contributed by atoms with van der Waals surface area (Å²) in [5.41, 5.74) is 2.76. The maximum atomic E-state index is 12.5. The van der Waals surface area contributed by atoms with Crippen LogP contribution < -0.4 is 25.2 Å². The van der Waals surface area contributed by atoms with E-state index in [1.165, 1.54) is 0 Å². The van der Waals surface area contributed by atoms with Crippen LogP contribution in [0, 0.1) is 0 Å². The zero-order valence-electron chi connectivity index (χ0n) is 18.5. The van der Waals surface area contributed by atoms with Gasteiger partial charge in [-0.25, -0.2) is 4.79 Å². The fraction of sp³-hybridized carbons (Fsp3) is 0.391. The van der Waals surface area contributed by atoms with Crippen LogP contribution in [0.4, 0.5) is 0 Å². The molecule has 1 fully saturated rings. The van der Waals surface area contributed by atoms with Crippen molar-refractivity contribution in [2.24, 2.45) is 0 Å². The first-order valence-electron chi connectivity index (χ1n) is 10.6. The average Bonchev–Trinajstić information content (AvgIpc) is 3.17. The number of likely N-dealkylation sites (tertiary alicyclic amines) is 1. The molecular weight excluding hydrogens is 428 g/mol. The summed E-state index contributed by atoms with van der Waals surface area (Å²) in [6.07, 6.45) is 1.71. The Labute approximate surface area is 192 Å². The quantitative estimate of drug-likeness (QED) is 0.552. The molecule has 0 spiro atoms. The number of hydrogen-bond acceptors (Lipinski definition) is 5. The first kappa shape index (κ1) is 22.0. The molecule has 2 heterocycles. The Morgan fingerprint density at radius 2 is 1.75 bits per heavy atom. The minimum atomic E-state index is -0.0484. The Hall–Kier alpha value is -3.20. The largest absolute Gasteiger partial charge is 0.493 e. The summed E-state index contributed by atoms with van der Waals surface area (Å²) in [5.74, 6) is 1.79. The number of hydrogen-bond donors (Lipinski definition) is 2. The highest BCUT2D eigenvalue weighted by Gasteiger charge is 2.24. The third-order valence-electron chi connectivity index (χ3n) is 5.91. The molecule has 0 amide bonds. The third kappa shape index (κ3) is 4.25. The molecule has 1 saturated heterocycles. The number of fused-ring (bicyclic) bond motifs is 1. The van der Waals surface area contributed by atoms with Gasteiger partial charge in [0.25, 0.3) is 0 Å². The number of benzene rings is 2. The van der Waals surface area contributed by atoms with Crippen molar-refractivity contribution in [1.82, 2.24) is 19.8 Å². The second kappa shape index (κ2) is 9.52. The van der Waals surface area contributed by atoms with Gasteiger partial charge in [-0.05, 0) is 54.9 Å². The lowest BCUT2D eigenvalue weighted by molar-refractivity contribution is 0.264. The first-order chi connectivity index (χ1) is 15.5. The fourth-order valence-corrected chi connectivity index (χ4v) is 4.55. The van der Waals surface area contributed by atoms with E-state index in [1.54, 1.807) is 21.3 Å². The number of imidazole rings is 1. The van der Waals surface area contributed by atoms with Crippen molar-refractivity contribution in [2.75, 3.05) is 34.4 Å². The van der Waals surface area contributed by atoms with Crippen LogP contribution in [0.3, 0.4) is 0 Å². The van der Waals surface area contributed by atoms with Crippen LogP contribution in [-0.4, -0.2) is 54.0 Å². The molecule has 0 aliphatic carbocycles. The van der Waals surface area contributed by atoms with Crippen LogP contribution >= 0.6 is 12.2 Å². The van der Waals surface area contributed by atoms with Gasteiger partial charge in [-0.3, -0.25) is 4.57 Å². The molecule has 0 saturated carbocycles. The molecule has 0 bridgehead atoms. The van der Waals surface area contributed by atoms with Crippen molar-refractivity contribution in [3.05, 3.63) is 52.4 Å². The highest BCUT2D eigenvalue weighted by molar-refractivity contribution is 7.80. The van der Waals surface area contributed by atoms with Crippen molar-refractivity contribution in [2.45, 2.75) is 25.4 Å². The number of nitrogens with zero attached hydrogens (tertiary/aromatic N) is 2. The Bertz CT molecular complexity index is 1140. The van der Waals surface area contributed by atoms with E-state index in [4.69, 9.17) is 26.4 Å². The lowest BCUT2D eigenvalue weighted by Crippen LogP contribution is -2.45. The van der Waals surface area contributed by atoms with Gasteiger partial charge in [-0.15, -0.1) is 0 Å². The van der Waals surface area contributed by atoms with E-state index >= 15 is 0 Å². The molecule has 170 valence electrons. The maximum absolute atomic E-state index is 12.5. The molecule has 8 nitrogen and oxygen atoms in total. The van der Waals surface area contributed by atoms with Gasteiger partial charge in [0, 0.05) is 25.7 Å². The Kier molecular flexibility index (Phi) is 6.55. The summed E-state index contributed by atoms with van der Waals surface area (Å²) in [6, 6.07) is 11.8. The molecule has 1 aromatic heterocycles. The molecular formula is C23H28N4O4S. The summed E-state index contributed by atoms with van der Waals surface area (Å²) >= 11 is 5.64. The van der Waals surface area contributed by atoms with Gasteiger partial charge in [0.05, 0.1) is 32.4 Å². The Morgan fingerprint density at radius 3 is 2.38 bits per heavy atom. The molecule has 0 unspecified atom stereocenters. The zero-order valence-corrected chi connectivity index (χ0v) is 19.3. The van der Waals surface area contributed by atoms with Crippen LogP contribution in [0.2, 0.25) is 0 Å². The molecule has 2 aromatic carbocycles. The van der Waals surface area contributed by atoms with E-state index in [1.807, 2.05) is 41.0 Å². The summed E-state index contributed by atoms with van der Waals surface area (Å²) in [7, 11) is 4.78. The standard InChI is InChI=1S/C23H28N4O4S/c1-29-19-12-15(13-20(30-2)21(19)31-3)14-24-23(32)26-10-8-16(9-11-26)27-18-7-5-4-6-17(18)25-22(27)28/h4-7,12-13,16H,8-11,14H2,1-3H3,(H,24,32)(H,25,28). The maximum Gasteiger partial charge on any atom is 0.326 e. The number of aromatic amines is 1. The lowest BCUT2D eigenvalue weighted by atomic mass is 10.0. The second-order valence-electron chi connectivity index (χ2n) is 7.73. The topological polar surface area (TPSA) is 80.8 Å². The highest BCUT2D eigenvalue weighted by atomic mass is 32.1. The van der Waals surface area contributed by atoms with Crippen molar-refractivity contribution in [1.29, 1.82) is 0 Å². The number of rotatable bonds is 6. The molecule has 1 aliphatic rings. The van der Waals surface area contributed by atoms with Gasteiger partial charge >= 0.3 is 5.69 Å². The monoisotopic (exact) mass is 456 g/mol. The summed E-state index contributed by atoms with van der Waals surface area (Å²) in [4.78, 5) is 17.6. The minimum absolute atomic E-state index is 0.0484. The first-order valence-corrected chi connectivity index (χ1v) is 11.0. The molecule has 9 heteroatoms. The number of methoxy groups -OCH3 is 3. The Balaban J connectivity index is 1.38. The van der Waals surface area contributed by atoms with Crippen molar-refractivity contribution < 1.29 is 14.2 Å². The molecule has 32 heavy (non-hydrogen) atoms. The lowest BCUT2D eigenvalue weighted by Gasteiger charge is -2.34. The van der Waals surface area contributed by atoms with Crippen molar-refractivity contribution in [3.8, 4) is 17.2 Å². The number of aromatic nitrogens is 2. The number of para-hydroxylation sites is 2. The summed E-state index contributed by atoms with van der Waals surface area (Å²) in [5, 5.41) is 4.03. The summed E-state index contributed by atoms with van der Waals surface area (Å²) in [6.45, 7) is 2.12. The normalized spacial score (nSPS) is 14.4. The fourth-order valence-electron chi connectivity index (χ4n) is 4.29. The van der Waals surface area contributed by atoms with Crippen LogP contribution in [-0.2, 0) is 6.54 Å². The number of piperidine rings is 1. The number of nitrogens with one attached hydrogen (secondary N) is 2. The van der Waals surface area contributed by atoms with Crippen LogP contribution in [0.15, 0.2) is 41.2 Å². The number of ether oxygens (including phenoxy) is 3. The van der Waals surface area contributed by atoms with Gasteiger partial charge in [0.1, 0.15) is 0 Å². The minimum Gasteiger partial charge on any atom is -0.493 e. The number of H-pyrrole nitrogens is 1. The predicted octanol–water partition coefficient (Wildman–Crippen LogP) is 3.07. The molecule has 4 rings (SSSR count). The van der Waals surface area contributed by atoms with Gasteiger partial charge < -0.3 is 29.4 Å². The van der Waals surface area contributed by atoms with Crippen LogP contribution in [0.1, 0.15) is 24.4 Å². The number of thiocarbonyl (C=S) groups is 1. The van der Waals surface area contributed by atoms with E-state index in [-0.39, 0.29) is 11.7 Å². The molecule has 3 aromatic rings. The second-order valence-corrected chi connectivity index (χ2v) is 8.11. The van der Waals surface area contributed by atoms with Crippen molar-refractivity contribution in [3.63, 3.8) is 0 Å². The Morgan fingerprint density at radius 1 is 1.09 bits per heavy atom. The predicted molar refractivity (Wildman–Crippen MR) is 128 cm³/mol. The van der Waals surface area contributed by atoms with E-state index < -0.39 is 0 Å². The van der Waals surface area contributed by atoms with E-state index in [9.17, 15) is 4.79 Å². The molecule has 0 radical (unpaired) electrons. The van der Waals surface area contributed by atoms with Crippen molar-refractivity contribution >= 4 is 28.4 Å². The van der Waals surface area contributed by atoms with Crippen LogP contribution in [0.25, 0.3) is 11.0 Å². The highest BCUT2D eigenvalue weighted by Crippen LogP contribution is 2.38. The van der Waals surface area contributed by atoms with E-state index in [0.29, 0.717) is 28.9 Å². The van der Waals surface area contributed by atoms with Gasteiger partial charge in [0.15, 0.2) is 16.6 Å². The smallest absolute Gasteiger partial charge is 0.326 e. The van der Waals surface area contributed by atoms with Gasteiger partial charge in [-0.1, -0.05) is 12.1 Å². The third-order valence-corrected chi connectivity index (χ3v) is 6.31. The summed E-state index contributed by atoms with van der Waals surface area (Å²) < 4.78 is 18.1. The van der Waals surface area contributed by atoms with Gasteiger partial charge in [0.2, 0.25) is 5.75 Å². The van der Waals surface area contributed by atoms with E-state index in [0.717, 1.165) is 42.5 Å². The molecule has 2 N–H and O–H groups in total. The van der Waals surface area contributed by atoms with E-state index in [2.05, 4.69) is 15.2 Å². The zero-order chi connectivity index (χ0) is 22.7. The SMILES string of the molecule is COc1cc(CNC(=S)N2CCC(n3c(=O)[nH]c4ccccc43)CC2)cc(OC)c1OC. The molecule has 1 aliphatic heterocycles. The van der Waals surface area contributed by atoms with Gasteiger partial charge in [-0.2, -0.15) is 0 Å². The molecule has 0 atom stereocenters. The average molecular weight is 457 g/mol. The van der Waals surface area contributed by atoms with Crippen LogP contribution in [0.5, 0.6) is 17.2 Å².